The van der Waals surface area contributed by atoms with Crippen LogP contribution in [0, 0.1) is 5.92 Å². The van der Waals surface area contributed by atoms with Crippen LogP contribution >= 0.6 is 0 Å². The molecule has 3 N–H and O–H groups in total. The van der Waals surface area contributed by atoms with E-state index < -0.39 is 17.3 Å². The number of nitrogens with zero attached hydrogens (tertiary/aromatic N) is 5. The fraction of sp³-hybridized carbons (Fsp3) is 0.520. The third kappa shape index (κ3) is 5.34. The predicted molar refractivity (Wildman–Crippen MR) is 133 cm³/mol. The van der Waals surface area contributed by atoms with Crippen molar-refractivity contribution >= 4 is 28.7 Å². The van der Waals surface area contributed by atoms with Gasteiger partial charge in [0.1, 0.15) is 5.82 Å². The lowest BCUT2D eigenvalue weighted by molar-refractivity contribution is -0.137. The minimum Gasteiger partial charge on any atom is -0.390 e. The molecule has 0 bridgehead atoms. The number of benzene rings is 1. The SMILES string of the molecule is CC(C)(O)C1CCN(c2nc(N[C@@H]3CCC(=O)NC3)nc3c2cnn3-c2cccc(C(F)(F)F)c2)CC1. The van der Waals surface area contributed by atoms with Gasteiger partial charge in [0.2, 0.25) is 11.9 Å². The van der Waals surface area contributed by atoms with Crippen LogP contribution in [0.5, 0.6) is 0 Å². The first kappa shape index (κ1) is 25.2. The van der Waals surface area contributed by atoms with Crippen LogP contribution in [0.1, 0.15) is 45.1 Å². The first-order chi connectivity index (χ1) is 17.5. The molecule has 2 fully saturated rings. The number of halogens is 3. The van der Waals surface area contributed by atoms with Gasteiger partial charge in [-0.15, -0.1) is 0 Å². The van der Waals surface area contributed by atoms with Gasteiger partial charge in [-0.05, 0) is 57.2 Å². The zero-order valence-corrected chi connectivity index (χ0v) is 20.7. The lowest BCUT2D eigenvalue weighted by Crippen LogP contribution is -2.43. The standard InChI is InChI=1S/C25H30F3N7O2/c1-24(2,37)15-8-10-34(11-9-15)21-19-14-30-35(18-5-3-4-16(12-18)25(26,27)28)22(19)33-23(32-21)31-17-6-7-20(36)29-13-17/h3-5,12,14-15,17,37H,6-11,13H2,1-2H3,(H,29,36)(H,31,32,33)/t17-/m1/s1. The van der Waals surface area contributed by atoms with Crippen molar-refractivity contribution in [2.45, 2.75) is 57.3 Å². The number of piperidine rings is 2. The molecule has 1 atom stereocenters. The van der Waals surface area contributed by atoms with Gasteiger partial charge in [-0.3, -0.25) is 4.79 Å². The molecule has 3 aromatic rings. The van der Waals surface area contributed by atoms with Crippen molar-refractivity contribution in [2.75, 3.05) is 29.9 Å². The monoisotopic (exact) mass is 517 g/mol. The van der Waals surface area contributed by atoms with Crippen LogP contribution in [0.3, 0.4) is 0 Å². The molecule has 2 aromatic heterocycles. The van der Waals surface area contributed by atoms with Crippen molar-refractivity contribution in [3.63, 3.8) is 0 Å². The Morgan fingerprint density at radius 2 is 1.89 bits per heavy atom. The zero-order valence-electron chi connectivity index (χ0n) is 20.7. The smallest absolute Gasteiger partial charge is 0.390 e. The Morgan fingerprint density at radius 3 is 2.54 bits per heavy atom. The number of rotatable bonds is 5. The molecule has 5 rings (SSSR count). The highest BCUT2D eigenvalue weighted by molar-refractivity contribution is 5.89. The van der Waals surface area contributed by atoms with E-state index in [9.17, 15) is 23.1 Å². The minimum absolute atomic E-state index is 0.00703. The fourth-order valence-electron chi connectivity index (χ4n) is 5.04. The highest BCUT2D eigenvalue weighted by Crippen LogP contribution is 2.35. The summed E-state index contributed by atoms with van der Waals surface area (Å²) in [6.45, 7) is 5.39. The van der Waals surface area contributed by atoms with Crippen molar-refractivity contribution in [2.24, 2.45) is 5.92 Å². The second-order valence-electron chi connectivity index (χ2n) is 10.3. The summed E-state index contributed by atoms with van der Waals surface area (Å²) >= 11 is 0. The number of anilines is 2. The number of hydrogen-bond donors (Lipinski definition) is 3. The number of aromatic nitrogens is 4. The largest absolute Gasteiger partial charge is 0.416 e. The van der Waals surface area contributed by atoms with Gasteiger partial charge in [0.05, 0.1) is 28.4 Å². The van der Waals surface area contributed by atoms with Crippen LogP contribution in [-0.4, -0.2) is 62.0 Å². The van der Waals surface area contributed by atoms with E-state index in [1.165, 1.54) is 10.7 Å². The zero-order chi connectivity index (χ0) is 26.4. The molecule has 0 radical (unpaired) electrons. The fourth-order valence-corrected chi connectivity index (χ4v) is 5.04. The molecular weight excluding hydrogens is 487 g/mol. The van der Waals surface area contributed by atoms with Gasteiger partial charge in [0, 0.05) is 32.1 Å². The average Bonchev–Trinajstić information content (AvgIpc) is 3.28. The molecule has 2 saturated heterocycles. The van der Waals surface area contributed by atoms with Crippen LogP contribution in [0.15, 0.2) is 30.5 Å². The third-order valence-electron chi connectivity index (χ3n) is 7.22. The van der Waals surface area contributed by atoms with E-state index in [-0.39, 0.29) is 23.6 Å². The quantitative estimate of drug-likeness (QED) is 0.475. The van der Waals surface area contributed by atoms with Gasteiger partial charge in [0.15, 0.2) is 5.65 Å². The Kier molecular flexibility index (Phi) is 6.47. The molecule has 198 valence electrons. The number of aliphatic hydroxyl groups is 1. The van der Waals surface area contributed by atoms with Gasteiger partial charge in [0.25, 0.3) is 0 Å². The topological polar surface area (TPSA) is 108 Å². The Morgan fingerprint density at radius 1 is 1.14 bits per heavy atom. The number of carbonyl (C=O) groups is 1. The Hall–Kier alpha value is -3.41. The van der Waals surface area contributed by atoms with Crippen LogP contribution < -0.4 is 15.5 Å². The number of nitrogens with one attached hydrogen (secondary N) is 2. The predicted octanol–water partition coefficient (Wildman–Crippen LogP) is 3.51. The molecule has 0 spiro atoms. The summed E-state index contributed by atoms with van der Waals surface area (Å²) in [6.07, 6.45) is -0.353. The molecule has 0 unspecified atom stereocenters. The first-order valence-corrected chi connectivity index (χ1v) is 12.4. The highest BCUT2D eigenvalue weighted by Gasteiger charge is 2.33. The molecule has 2 aliphatic heterocycles. The molecule has 0 saturated carbocycles. The van der Waals surface area contributed by atoms with Gasteiger partial charge in [-0.1, -0.05) is 6.07 Å². The maximum Gasteiger partial charge on any atom is 0.416 e. The average molecular weight is 518 g/mol. The molecule has 1 aromatic carbocycles. The van der Waals surface area contributed by atoms with E-state index in [0.29, 0.717) is 55.3 Å². The van der Waals surface area contributed by atoms with Gasteiger partial charge in [-0.2, -0.15) is 28.2 Å². The first-order valence-electron chi connectivity index (χ1n) is 12.4. The maximum atomic E-state index is 13.4. The number of carbonyl (C=O) groups excluding carboxylic acids is 1. The maximum absolute atomic E-state index is 13.4. The molecule has 0 aliphatic carbocycles. The van der Waals surface area contributed by atoms with Crippen molar-refractivity contribution < 1.29 is 23.1 Å². The van der Waals surface area contributed by atoms with Gasteiger partial charge < -0.3 is 20.6 Å². The lowest BCUT2D eigenvalue weighted by atomic mass is 9.83. The van der Waals surface area contributed by atoms with Crippen molar-refractivity contribution in [1.29, 1.82) is 0 Å². The Balaban J connectivity index is 1.54. The summed E-state index contributed by atoms with van der Waals surface area (Å²) in [5, 5.41) is 21.6. The summed E-state index contributed by atoms with van der Waals surface area (Å²) in [6, 6.07) is 4.90. The van der Waals surface area contributed by atoms with E-state index in [0.717, 1.165) is 25.0 Å². The van der Waals surface area contributed by atoms with E-state index in [4.69, 9.17) is 4.98 Å². The van der Waals surface area contributed by atoms with E-state index in [2.05, 4.69) is 25.6 Å². The minimum atomic E-state index is -4.48. The number of hydrogen-bond acceptors (Lipinski definition) is 7. The van der Waals surface area contributed by atoms with Crippen LogP contribution in [0.2, 0.25) is 0 Å². The number of amides is 1. The number of alkyl halides is 3. The molecule has 1 amide bonds. The van der Waals surface area contributed by atoms with E-state index in [1.54, 1.807) is 12.3 Å². The van der Waals surface area contributed by atoms with Crippen LogP contribution in [-0.2, 0) is 11.0 Å². The third-order valence-corrected chi connectivity index (χ3v) is 7.22. The van der Waals surface area contributed by atoms with E-state index in [1.807, 2.05) is 13.8 Å². The lowest BCUT2D eigenvalue weighted by Gasteiger charge is -2.38. The summed E-state index contributed by atoms with van der Waals surface area (Å²) < 4.78 is 41.5. The van der Waals surface area contributed by atoms with E-state index >= 15 is 0 Å². The molecule has 37 heavy (non-hydrogen) atoms. The van der Waals surface area contributed by atoms with Gasteiger partial charge >= 0.3 is 6.18 Å². The van der Waals surface area contributed by atoms with Crippen LogP contribution in [0.4, 0.5) is 24.9 Å². The molecule has 9 nitrogen and oxygen atoms in total. The van der Waals surface area contributed by atoms with Crippen molar-refractivity contribution in [1.82, 2.24) is 25.1 Å². The number of fused-ring (bicyclic) bond motifs is 1. The summed E-state index contributed by atoms with van der Waals surface area (Å²) in [5.41, 5.74) is -0.921. The Labute approximate surface area is 212 Å². The van der Waals surface area contributed by atoms with Crippen molar-refractivity contribution in [3.8, 4) is 5.69 Å². The highest BCUT2D eigenvalue weighted by atomic mass is 19.4. The molecule has 12 heteroatoms. The molecule has 2 aliphatic rings. The molecule has 4 heterocycles. The Bertz CT molecular complexity index is 1280. The summed E-state index contributed by atoms with van der Waals surface area (Å²) in [5.74, 6) is 1.10. The van der Waals surface area contributed by atoms with Crippen LogP contribution in [0.25, 0.3) is 16.7 Å². The van der Waals surface area contributed by atoms with Gasteiger partial charge in [-0.25, -0.2) is 4.68 Å². The second-order valence-corrected chi connectivity index (χ2v) is 10.3. The summed E-state index contributed by atoms with van der Waals surface area (Å²) in [7, 11) is 0. The molecular formula is C25H30F3N7O2. The summed E-state index contributed by atoms with van der Waals surface area (Å²) in [4.78, 5) is 23.1. The normalized spacial score (nSPS) is 19.8. The second kappa shape index (κ2) is 9.47. The van der Waals surface area contributed by atoms with Crippen molar-refractivity contribution in [3.05, 3.63) is 36.0 Å².